The van der Waals surface area contributed by atoms with E-state index in [0.29, 0.717) is 5.92 Å². The van der Waals surface area contributed by atoms with Gasteiger partial charge in [-0.2, -0.15) is 5.10 Å². The molecule has 0 spiro atoms. The third-order valence-corrected chi connectivity index (χ3v) is 3.92. The van der Waals surface area contributed by atoms with Gasteiger partial charge >= 0.3 is 0 Å². The Morgan fingerprint density at radius 3 is 2.55 bits per heavy atom. The fourth-order valence-electron chi connectivity index (χ4n) is 1.97. The van der Waals surface area contributed by atoms with Crippen molar-refractivity contribution in [2.24, 2.45) is 5.92 Å². The molecule has 0 radical (unpaired) electrons. The van der Waals surface area contributed by atoms with Crippen LogP contribution in [0.25, 0.3) is 0 Å². The van der Waals surface area contributed by atoms with Crippen LogP contribution in [0.5, 0.6) is 0 Å². The van der Waals surface area contributed by atoms with Gasteiger partial charge in [-0.05, 0) is 23.6 Å². The topological polar surface area (TPSA) is 46.9 Å². The van der Waals surface area contributed by atoms with Crippen LogP contribution >= 0.6 is 0 Å². The van der Waals surface area contributed by atoms with Crippen molar-refractivity contribution in [3.63, 3.8) is 0 Å². The summed E-state index contributed by atoms with van der Waals surface area (Å²) in [6.07, 6.45) is 3.51. The Hall–Kier alpha value is -1.62. The van der Waals surface area contributed by atoms with Gasteiger partial charge in [0, 0.05) is 41.1 Å². The van der Waals surface area contributed by atoms with Gasteiger partial charge in [-0.1, -0.05) is 26.0 Å². The lowest BCUT2D eigenvalue weighted by atomic mass is 10.2. The number of rotatable bonds is 6. The lowest BCUT2D eigenvalue weighted by Gasteiger charge is -2.11. The van der Waals surface area contributed by atoms with Gasteiger partial charge in [0.25, 0.3) is 0 Å². The molecule has 5 heteroatoms. The van der Waals surface area contributed by atoms with Gasteiger partial charge < -0.3 is 5.32 Å². The summed E-state index contributed by atoms with van der Waals surface area (Å²) in [5.41, 5.74) is 1.16. The quantitative estimate of drug-likeness (QED) is 0.890. The van der Waals surface area contributed by atoms with Crippen molar-refractivity contribution in [3.8, 4) is 0 Å². The van der Waals surface area contributed by atoms with E-state index in [0.717, 1.165) is 29.4 Å². The predicted molar refractivity (Wildman–Crippen MR) is 83.2 cm³/mol. The van der Waals surface area contributed by atoms with Gasteiger partial charge in [0.15, 0.2) is 0 Å². The number of benzene rings is 1. The molecule has 1 N–H and O–H groups in total. The fourth-order valence-corrected chi connectivity index (χ4v) is 2.49. The van der Waals surface area contributed by atoms with Crippen LogP contribution in [0.1, 0.15) is 19.4 Å². The molecule has 1 heterocycles. The van der Waals surface area contributed by atoms with Crippen molar-refractivity contribution >= 4 is 16.6 Å². The summed E-state index contributed by atoms with van der Waals surface area (Å²) in [7, 11) is -0.916. The highest BCUT2D eigenvalue weighted by atomic mass is 32.2. The summed E-state index contributed by atoms with van der Waals surface area (Å²) in [4.78, 5) is 0.860. The van der Waals surface area contributed by atoms with Crippen molar-refractivity contribution in [2.45, 2.75) is 31.8 Å². The Bertz CT molecular complexity index is 575. The molecular formula is C15H21N3OS. The molecule has 1 aromatic heterocycles. The van der Waals surface area contributed by atoms with Crippen LogP contribution in [0.3, 0.4) is 0 Å². The minimum Gasteiger partial charge on any atom is -0.366 e. The van der Waals surface area contributed by atoms with E-state index in [1.165, 1.54) is 0 Å². The highest BCUT2D eigenvalue weighted by Crippen LogP contribution is 2.12. The first-order valence-electron chi connectivity index (χ1n) is 6.74. The Morgan fingerprint density at radius 2 is 1.95 bits per heavy atom. The normalized spacial score (nSPS) is 12.6. The van der Waals surface area contributed by atoms with Crippen LogP contribution in [-0.2, 0) is 23.9 Å². The van der Waals surface area contributed by atoms with Crippen LogP contribution in [0, 0.1) is 5.92 Å². The molecule has 0 fully saturated rings. The largest absolute Gasteiger partial charge is 0.366 e. The Labute approximate surface area is 122 Å². The van der Waals surface area contributed by atoms with E-state index in [1.807, 2.05) is 41.2 Å². The standard InChI is InChI=1S/C15H21N3OS/c1-12(2)11-18-15(8-9-17-18)16-10-13-4-6-14(7-5-13)20(3)19/h4-9,12,16H,10-11H2,1-3H3/t20-/m1/s1. The molecule has 0 aliphatic carbocycles. The van der Waals surface area contributed by atoms with E-state index in [-0.39, 0.29) is 0 Å². The summed E-state index contributed by atoms with van der Waals surface area (Å²) >= 11 is 0. The van der Waals surface area contributed by atoms with Gasteiger partial charge in [0.05, 0.1) is 6.20 Å². The molecule has 0 aliphatic rings. The fraction of sp³-hybridized carbons (Fsp3) is 0.400. The Morgan fingerprint density at radius 1 is 1.25 bits per heavy atom. The average Bonchev–Trinajstić information content (AvgIpc) is 2.83. The number of anilines is 1. The zero-order valence-electron chi connectivity index (χ0n) is 12.2. The van der Waals surface area contributed by atoms with E-state index in [1.54, 1.807) is 6.26 Å². The summed E-state index contributed by atoms with van der Waals surface area (Å²) in [5.74, 6) is 1.59. The van der Waals surface area contributed by atoms with Crippen LogP contribution in [0.2, 0.25) is 0 Å². The van der Waals surface area contributed by atoms with Crippen LogP contribution in [-0.4, -0.2) is 20.2 Å². The molecular weight excluding hydrogens is 270 g/mol. The van der Waals surface area contributed by atoms with E-state index in [4.69, 9.17) is 0 Å². The van der Waals surface area contributed by atoms with Crippen LogP contribution in [0.15, 0.2) is 41.4 Å². The summed E-state index contributed by atoms with van der Waals surface area (Å²) in [6.45, 7) is 5.99. The first-order valence-corrected chi connectivity index (χ1v) is 8.30. The van der Waals surface area contributed by atoms with Gasteiger partial charge in [-0.3, -0.25) is 4.21 Å². The second-order valence-electron chi connectivity index (χ2n) is 5.24. The van der Waals surface area contributed by atoms with Crippen molar-refractivity contribution < 1.29 is 4.21 Å². The molecule has 20 heavy (non-hydrogen) atoms. The van der Waals surface area contributed by atoms with Crippen molar-refractivity contribution in [3.05, 3.63) is 42.1 Å². The van der Waals surface area contributed by atoms with E-state index < -0.39 is 10.8 Å². The molecule has 0 bridgehead atoms. The van der Waals surface area contributed by atoms with Gasteiger partial charge in [0.2, 0.25) is 0 Å². The summed E-state index contributed by atoms with van der Waals surface area (Å²) in [5, 5.41) is 7.71. The Balaban J connectivity index is 1.98. The number of hydrogen-bond acceptors (Lipinski definition) is 3. The van der Waals surface area contributed by atoms with E-state index in [2.05, 4.69) is 24.3 Å². The average molecular weight is 291 g/mol. The Kier molecular flexibility index (Phi) is 4.95. The molecule has 2 aromatic rings. The zero-order chi connectivity index (χ0) is 14.5. The molecule has 0 unspecified atom stereocenters. The second kappa shape index (κ2) is 6.70. The second-order valence-corrected chi connectivity index (χ2v) is 6.62. The predicted octanol–water partition coefficient (Wildman–Crippen LogP) is 2.89. The van der Waals surface area contributed by atoms with E-state index in [9.17, 15) is 4.21 Å². The molecule has 0 amide bonds. The smallest absolute Gasteiger partial charge is 0.124 e. The van der Waals surface area contributed by atoms with Crippen molar-refractivity contribution in [1.29, 1.82) is 0 Å². The number of hydrogen-bond donors (Lipinski definition) is 1. The lowest BCUT2D eigenvalue weighted by molar-refractivity contribution is 0.487. The highest BCUT2D eigenvalue weighted by Gasteiger charge is 2.04. The molecule has 0 saturated carbocycles. The number of nitrogens with zero attached hydrogens (tertiary/aromatic N) is 2. The third-order valence-electron chi connectivity index (χ3n) is 2.98. The van der Waals surface area contributed by atoms with Gasteiger partial charge in [-0.15, -0.1) is 0 Å². The third kappa shape index (κ3) is 3.93. The number of aromatic nitrogens is 2. The van der Waals surface area contributed by atoms with E-state index >= 15 is 0 Å². The van der Waals surface area contributed by atoms with Crippen LogP contribution < -0.4 is 5.32 Å². The number of nitrogens with one attached hydrogen (secondary N) is 1. The van der Waals surface area contributed by atoms with Gasteiger partial charge in [0.1, 0.15) is 5.82 Å². The maximum absolute atomic E-state index is 11.3. The van der Waals surface area contributed by atoms with Crippen molar-refractivity contribution in [2.75, 3.05) is 11.6 Å². The summed E-state index contributed by atoms with van der Waals surface area (Å²) < 4.78 is 13.3. The van der Waals surface area contributed by atoms with Gasteiger partial charge in [-0.25, -0.2) is 4.68 Å². The minimum atomic E-state index is -0.916. The minimum absolute atomic E-state index is 0.564. The SMILES string of the molecule is CC(C)Cn1nccc1NCc1ccc([S@@](C)=O)cc1. The molecule has 1 aromatic carbocycles. The first kappa shape index (κ1) is 14.8. The first-order chi connectivity index (χ1) is 9.56. The molecule has 0 aliphatic heterocycles. The van der Waals surface area contributed by atoms with Crippen molar-refractivity contribution in [1.82, 2.24) is 9.78 Å². The van der Waals surface area contributed by atoms with Crippen LogP contribution in [0.4, 0.5) is 5.82 Å². The zero-order valence-corrected chi connectivity index (χ0v) is 13.0. The maximum Gasteiger partial charge on any atom is 0.124 e. The monoisotopic (exact) mass is 291 g/mol. The molecule has 108 valence electrons. The molecule has 1 atom stereocenters. The molecule has 4 nitrogen and oxygen atoms in total. The molecule has 0 saturated heterocycles. The maximum atomic E-state index is 11.3. The lowest BCUT2D eigenvalue weighted by Crippen LogP contribution is -2.11. The highest BCUT2D eigenvalue weighted by molar-refractivity contribution is 7.84. The molecule has 2 rings (SSSR count). The summed E-state index contributed by atoms with van der Waals surface area (Å²) in [6, 6.07) is 9.83.